The molecule has 6 heteroatoms. The molecule has 0 aliphatic carbocycles. The number of amides is 2. The van der Waals surface area contributed by atoms with Crippen LogP contribution in [0.1, 0.15) is 5.56 Å². The minimum Gasteiger partial charge on any atom is -0.497 e. The van der Waals surface area contributed by atoms with Crippen LogP contribution in [0, 0.1) is 0 Å². The molecule has 3 aromatic carbocycles. The summed E-state index contributed by atoms with van der Waals surface area (Å²) in [6.07, 6.45) is 5.26. The zero-order valence-electron chi connectivity index (χ0n) is 15.8. The van der Waals surface area contributed by atoms with Crippen molar-refractivity contribution >= 4 is 41.5 Å². The molecule has 0 saturated carbocycles. The number of nitrogens with one attached hydrogen (secondary N) is 1. The van der Waals surface area contributed by atoms with Crippen LogP contribution in [0.3, 0.4) is 0 Å². The Morgan fingerprint density at radius 1 is 1.00 bits per heavy atom. The number of fused-ring (bicyclic) bond motifs is 2. The molecule has 144 valence electrons. The highest BCUT2D eigenvalue weighted by atomic mass is 32.2. The molecule has 0 atom stereocenters. The van der Waals surface area contributed by atoms with Crippen molar-refractivity contribution < 1.29 is 9.53 Å². The fraction of sp³-hybridized carbons (Fsp3) is 0.0435. The number of rotatable bonds is 4. The van der Waals surface area contributed by atoms with Gasteiger partial charge in [-0.3, -0.25) is 4.90 Å². The number of carbonyl (C=O) groups is 1. The highest BCUT2D eigenvalue weighted by molar-refractivity contribution is 7.99. The lowest BCUT2D eigenvalue weighted by molar-refractivity contribution is 0.249. The van der Waals surface area contributed by atoms with E-state index in [1.54, 1.807) is 36.1 Å². The van der Waals surface area contributed by atoms with E-state index in [1.807, 2.05) is 78.9 Å². The van der Waals surface area contributed by atoms with Crippen molar-refractivity contribution in [3.63, 3.8) is 0 Å². The number of urea groups is 1. The first-order valence-electron chi connectivity index (χ1n) is 9.06. The van der Waals surface area contributed by atoms with E-state index < -0.39 is 0 Å². The summed E-state index contributed by atoms with van der Waals surface area (Å²) in [6, 6.07) is 23.1. The second-order valence-electron chi connectivity index (χ2n) is 6.20. The lowest BCUT2D eigenvalue weighted by atomic mass is 10.2. The standard InChI is InChI=1S/C23H19N3O2S/c1-28-18-13-14-22-20(16-18)26(19-11-5-6-12-21(19)29-22)23(27)25-24-15-7-10-17-8-3-2-4-9-17/h2-16H,1H3,(H,25,27)/b10-7+,24-15+. The van der Waals surface area contributed by atoms with Gasteiger partial charge in [0.05, 0.1) is 18.5 Å². The van der Waals surface area contributed by atoms with Crippen LogP contribution in [0.25, 0.3) is 6.08 Å². The quantitative estimate of drug-likeness (QED) is 0.450. The molecule has 0 bridgehead atoms. The van der Waals surface area contributed by atoms with Crippen molar-refractivity contribution in [3.8, 4) is 5.75 Å². The van der Waals surface area contributed by atoms with Gasteiger partial charge >= 0.3 is 6.03 Å². The molecule has 1 N–H and O–H groups in total. The number of nitrogens with zero attached hydrogens (tertiary/aromatic N) is 2. The predicted molar refractivity (Wildman–Crippen MR) is 118 cm³/mol. The maximum absolute atomic E-state index is 13.0. The number of hydrazone groups is 1. The van der Waals surface area contributed by atoms with Crippen LogP contribution in [0.15, 0.2) is 93.8 Å². The van der Waals surface area contributed by atoms with Crippen molar-refractivity contribution in [2.24, 2.45) is 5.10 Å². The fourth-order valence-corrected chi connectivity index (χ4v) is 4.02. The Kier molecular flexibility index (Phi) is 5.63. The summed E-state index contributed by atoms with van der Waals surface area (Å²) in [5, 5.41) is 4.06. The molecule has 1 aliphatic rings. The molecule has 29 heavy (non-hydrogen) atoms. The molecule has 0 radical (unpaired) electrons. The highest BCUT2D eigenvalue weighted by Crippen LogP contribution is 2.49. The minimum absolute atomic E-state index is 0.336. The molecule has 0 unspecified atom stereocenters. The average Bonchev–Trinajstić information content (AvgIpc) is 2.77. The highest BCUT2D eigenvalue weighted by Gasteiger charge is 2.28. The van der Waals surface area contributed by atoms with Crippen molar-refractivity contribution in [2.45, 2.75) is 9.79 Å². The maximum atomic E-state index is 13.0. The van der Waals surface area contributed by atoms with Crippen LogP contribution >= 0.6 is 11.8 Å². The zero-order chi connectivity index (χ0) is 20.1. The van der Waals surface area contributed by atoms with E-state index in [-0.39, 0.29) is 6.03 Å². The van der Waals surface area contributed by atoms with Gasteiger partial charge in [-0.05, 0) is 35.9 Å². The number of benzene rings is 3. The van der Waals surface area contributed by atoms with Crippen LogP contribution in [-0.2, 0) is 0 Å². The van der Waals surface area contributed by atoms with Crippen LogP contribution in [-0.4, -0.2) is 19.4 Å². The number of hydrogen-bond acceptors (Lipinski definition) is 4. The van der Waals surface area contributed by atoms with E-state index in [0.717, 1.165) is 26.7 Å². The number of anilines is 2. The van der Waals surface area contributed by atoms with Crippen LogP contribution < -0.4 is 15.1 Å². The van der Waals surface area contributed by atoms with E-state index in [9.17, 15) is 4.79 Å². The lowest BCUT2D eigenvalue weighted by Gasteiger charge is -2.30. The summed E-state index contributed by atoms with van der Waals surface area (Å²) >= 11 is 1.63. The van der Waals surface area contributed by atoms with Crippen LogP contribution in [0.4, 0.5) is 16.2 Å². The van der Waals surface area contributed by atoms with E-state index in [1.165, 1.54) is 0 Å². The third-order valence-corrected chi connectivity index (χ3v) is 5.48. The summed E-state index contributed by atoms with van der Waals surface area (Å²) in [6.45, 7) is 0. The normalized spacial score (nSPS) is 12.7. The molecule has 0 aromatic heterocycles. The van der Waals surface area contributed by atoms with Crippen LogP contribution in [0.5, 0.6) is 5.75 Å². The monoisotopic (exact) mass is 401 g/mol. The number of allylic oxidation sites excluding steroid dienone is 1. The summed E-state index contributed by atoms with van der Waals surface area (Å²) in [4.78, 5) is 16.6. The predicted octanol–water partition coefficient (Wildman–Crippen LogP) is 5.71. The van der Waals surface area contributed by atoms with Gasteiger partial charge in [0.15, 0.2) is 0 Å². The second-order valence-corrected chi connectivity index (χ2v) is 7.29. The number of carbonyl (C=O) groups excluding carboxylic acids is 1. The second kappa shape index (κ2) is 8.67. The van der Waals surface area contributed by atoms with E-state index in [4.69, 9.17) is 4.74 Å². The fourth-order valence-electron chi connectivity index (χ4n) is 2.98. The third-order valence-electron chi connectivity index (χ3n) is 4.35. The molecular weight excluding hydrogens is 382 g/mol. The molecular formula is C23H19N3O2S. The minimum atomic E-state index is -0.336. The summed E-state index contributed by atoms with van der Waals surface area (Å²) < 4.78 is 5.35. The van der Waals surface area contributed by atoms with Crippen LogP contribution in [0.2, 0.25) is 0 Å². The van der Waals surface area contributed by atoms with Crippen molar-refractivity contribution in [2.75, 3.05) is 12.0 Å². The Morgan fingerprint density at radius 2 is 1.76 bits per heavy atom. The number of ether oxygens (including phenoxy) is 1. The molecule has 4 rings (SSSR count). The Balaban J connectivity index is 1.56. The van der Waals surface area contributed by atoms with Gasteiger partial charge in [-0.2, -0.15) is 5.10 Å². The van der Waals surface area contributed by atoms with Gasteiger partial charge in [0, 0.05) is 22.1 Å². The number of hydrogen-bond donors (Lipinski definition) is 1. The largest absolute Gasteiger partial charge is 0.497 e. The van der Waals surface area contributed by atoms with Gasteiger partial charge in [0.25, 0.3) is 0 Å². The zero-order valence-corrected chi connectivity index (χ0v) is 16.6. The van der Waals surface area contributed by atoms with Gasteiger partial charge in [-0.25, -0.2) is 10.2 Å². The Labute approximate surface area is 173 Å². The third kappa shape index (κ3) is 4.17. The van der Waals surface area contributed by atoms with Gasteiger partial charge < -0.3 is 4.74 Å². The molecule has 0 fully saturated rings. The maximum Gasteiger partial charge on any atom is 0.346 e. The molecule has 3 aromatic rings. The lowest BCUT2D eigenvalue weighted by Crippen LogP contribution is -2.35. The molecule has 1 aliphatic heterocycles. The van der Waals surface area contributed by atoms with E-state index in [2.05, 4.69) is 10.5 Å². The van der Waals surface area contributed by atoms with Gasteiger partial charge in [-0.1, -0.05) is 60.3 Å². The average molecular weight is 401 g/mol. The first-order chi connectivity index (χ1) is 14.3. The smallest absolute Gasteiger partial charge is 0.346 e. The molecule has 0 saturated heterocycles. The molecule has 5 nitrogen and oxygen atoms in total. The Morgan fingerprint density at radius 3 is 2.59 bits per heavy atom. The summed E-state index contributed by atoms with van der Waals surface area (Å²) in [5.41, 5.74) is 5.25. The Hall–Kier alpha value is -3.51. The Bertz CT molecular complexity index is 1080. The first-order valence-corrected chi connectivity index (χ1v) is 9.88. The van der Waals surface area contributed by atoms with Crippen molar-refractivity contribution in [3.05, 3.63) is 84.4 Å². The first kappa shape index (κ1) is 18.8. The van der Waals surface area contributed by atoms with E-state index >= 15 is 0 Å². The van der Waals surface area contributed by atoms with Gasteiger partial charge in [0.1, 0.15) is 5.75 Å². The topological polar surface area (TPSA) is 53.9 Å². The van der Waals surface area contributed by atoms with Gasteiger partial charge in [-0.15, -0.1) is 0 Å². The summed E-state index contributed by atoms with van der Waals surface area (Å²) in [5.74, 6) is 0.691. The number of para-hydroxylation sites is 1. The summed E-state index contributed by atoms with van der Waals surface area (Å²) in [7, 11) is 1.61. The molecule has 1 heterocycles. The van der Waals surface area contributed by atoms with E-state index in [0.29, 0.717) is 5.75 Å². The van der Waals surface area contributed by atoms with Crippen molar-refractivity contribution in [1.82, 2.24) is 5.43 Å². The SMILES string of the molecule is COc1ccc2c(c1)N(C(=O)N/N=C/C=C/c1ccccc1)c1ccccc1S2. The van der Waals surface area contributed by atoms with Gasteiger partial charge in [0.2, 0.25) is 0 Å². The van der Waals surface area contributed by atoms with Crippen molar-refractivity contribution in [1.29, 1.82) is 0 Å². The molecule has 2 amide bonds. The molecule has 0 spiro atoms. The number of methoxy groups -OCH3 is 1.